The van der Waals surface area contributed by atoms with Crippen LogP contribution in [0.4, 0.5) is 0 Å². The van der Waals surface area contributed by atoms with E-state index in [1.807, 2.05) is 24.3 Å². The number of hydrogen-bond donors (Lipinski definition) is 1. The third kappa shape index (κ3) is 1.99. The number of hydrogen-bond acceptors (Lipinski definition) is 3. The molecule has 0 spiro atoms. The van der Waals surface area contributed by atoms with Crippen LogP contribution in [0.15, 0.2) is 29.3 Å². The summed E-state index contributed by atoms with van der Waals surface area (Å²) in [5.74, 6) is 0. The van der Waals surface area contributed by atoms with Crippen LogP contribution in [0, 0.1) is 0 Å². The Morgan fingerprint density at radius 3 is 2.87 bits per heavy atom. The summed E-state index contributed by atoms with van der Waals surface area (Å²) in [6.45, 7) is 0.576. The Morgan fingerprint density at radius 1 is 1.47 bits per heavy atom. The minimum Gasteiger partial charge on any atom is -0.395 e. The maximum absolute atomic E-state index is 10.00. The third-order valence-electron chi connectivity index (χ3n) is 3.02. The first-order chi connectivity index (χ1) is 7.30. The molecule has 1 aromatic carbocycles. The third-order valence-corrected chi connectivity index (χ3v) is 3.02. The van der Waals surface area contributed by atoms with E-state index in [4.69, 9.17) is 0 Å². The van der Waals surface area contributed by atoms with Crippen LogP contribution in [0.1, 0.15) is 24.0 Å². The van der Waals surface area contributed by atoms with E-state index in [9.17, 15) is 9.90 Å². The first-order valence-electron chi connectivity index (χ1n) is 5.05. The van der Waals surface area contributed by atoms with Gasteiger partial charge < -0.3 is 5.11 Å². The second kappa shape index (κ2) is 3.97. The summed E-state index contributed by atoms with van der Waals surface area (Å²) < 4.78 is 0. The molecule has 1 saturated carbocycles. The van der Waals surface area contributed by atoms with Crippen LogP contribution in [0.3, 0.4) is 0 Å². The summed E-state index contributed by atoms with van der Waals surface area (Å²) in [6.07, 6.45) is 3.62. The van der Waals surface area contributed by atoms with Crippen LogP contribution in [-0.2, 0) is 16.8 Å². The molecule has 1 aliphatic carbocycles. The van der Waals surface area contributed by atoms with Crippen molar-refractivity contribution in [2.75, 3.05) is 6.61 Å². The molecule has 0 amide bonds. The summed E-state index contributed by atoms with van der Waals surface area (Å²) in [7, 11) is 0. The molecule has 0 atom stereocenters. The highest BCUT2D eigenvalue weighted by molar-refractivity contribution is 5.37. The van der Waals surface area contributed by atoms with E-state index in [1.165, 1.54) is 6.08 Å². The van der Waals surface area contributed by atoms with E-state index in [0.29, 0.717) is 6.54 Å². The quantitative estimate of drug-likeness (QED) is 0.596. The van der Waals surface area contributed by atoms with Crippen LogP contribution in [0.5, 0.6) is 0 Å². The highest BCUT2D eigenvalue weighted by Crippen LogP contribution is 2.47. The van der Waals surface area contributed by atoms with Crippen molar-refractivity contribution in [1.29, 1.82) is 0 Å². The molecule has 15 heavy (non-hydrogen) atoms. The fourth-order valence-corrected chi connectivity index (χ4v) is 1.81. The summed E-state index contributed by atoms with van der Waals surface area (Å²) in [6, 6.07) is 7.92. The first-order valence-corrected chi connectivity index (χ1v) is 5.05. The molecule has 0 radical (unpaired) electrons. The number of rotatable bonds is 4. The van der Waals surface area contributed by atoms with E-state index in [0.717, 1.165) is 24.0 Å². The van der Waals surface area contributed by atoms with Crippen molar-refractivity contribution in [2.45, 2.75) is 24.8 Å². The van der Waals surface area contributed by atoms with Crippen molar-refractivity contribution in [3.05, 3.63) is 35.4 Å². The summed E-state index contributed by atoms with van der Waals surface area (Å²) in [5.41, 5.74) is 2.14. The molecule has 0 heterocycles. The minimum atomic E-state index is -0.0130. The normalized spacial score (nSPS) is 16.9. The number of benzene rings is 1. The first kappa shape index (κ1) is 10.1. The highest BCUT2D eigenvalue weighted by atomic mass is 16.3. The Bertz CT molecular complexity index is 404. The van der Waals surface area contributed by atoms with Crippen molar-refractivity contribution in [3.8, 4) is 0 Å². The van der Waals surface area contributed by atoms with E-state index in [-0.39, 0.29) is 12.0 Å². The van der Waals surface area contributed by atoms with Gasteiger partial charge in [-0.05, 0) is 24.0 Å². The van der Waals surface area contributed by atoms with Gasteiger partial charge in [0.25, 0.3) is 0 Å². The Morgan fingerprint density at radius 2 is 2.27 bits per heavy atom. The zero-order valence-electron chi connectivity index (χ0n) is 8.44. The lowest BCUT2D eigenvalue weighted by atomic mass is 9.95. The predicted octanol–water partition coefficient (Wildman–Crippen LogP) is 1.55. The topological polar surface area (TPSA) is 49.7 Å². The van der Waals surface area contributed by atoms with Crippen LogP contribution < -0.4 is 0 Å². The van der Waals surface area contributed by atoms with Crippen molar-refractivity contribution in [2.24, 2.45) is 4.99 Å². The number of nitrogens with zero attached hydrogens (tertiary/aromatic N) is 1. The molecule has 0 aliphatic heterocycles. The van der Waals surface area contributed by atoms with Gasteiger partial charge in [0, 0.05) is 5.41 Å². The molecule has 1 N–H and O–H groups in total. The van der Waals surface area contributed by atoms with Gasteiger partial charge in [0.05, 0.1) is 13.2 Å². The minimum absolute atomic E-state index is 0.0130. The average Bonchev–Trinajstić information content (AvgIpc) is 3.08. The van der Waals surface area contributed by atoms with Gasteiger partial charge in [-0.25, -0.2) is 9.79 Å². The fraction of sp³-hybridized carbons (Fsp3) is 0.417. The van der Waals surface area contributed by atoms with Gasteiger partial charge in [0.15, 0.2) is 0 Å². The highest BCUT2D eigenvalue weighted by Gasteiger charge is 2.43. The molecular formula is C12H13NO2. The lowest BCUT2D eigenvalue weighted by Gasteiger charge is -2.12. The molecule has 1 aromatic rings. The SMILES string of the molecule is O=C=NCc1cccc(C2(CO)CC2)c1. The molecular weight excluding hydrogens is 190 g/mol. The number of aliphatic imine (C=N–C) groups is 1. The Balaban J connectivity index is 2.22. The van der Waals surface area contributed by atoms with Crippen LogP contribution in [0.2, 0.25) is 0 Å². The van der Waals surface area contributed by atoms with Crippen LogP contribution in [0.25, 0.3) is 0 Å². The molecule has 0 bridgehead atoms. The zero-order valence-corrected chi connectivity index (χ0v) is 8.44. The maximum atomic E-state index is 10.00. The van der Waals surface area contributed by atoms with Crippen molar-refractivity contribution in [1.82, 2.24) is 0 Å². The lowest BCUT2D eigenvalue weighted by Crippen LogP contribution is -2.11. The van der Waals surface area contributed by atoms with Crippen LogP contribution >= 0.6 is 0 Å². The van der Waals surface area contributed by atoms with Gasteiger partial charge in [0.2, 0.25) is 6.08 Å². The van der Waals surface area contributed by atoms with E-state index in [2.05, 4.69) is 4.99 Å². The number of aliphatic hydroxyl groups is 1. The van der Waals surface area contributed by atoms with E-state index < -0.39 is 0 Å². The number of carbonyl (C=O) groups excluding carboxylic acids is 1. The average molecular weight is 203 g/mol. The van der Waals surface area contributed by atoms with Gasteiger partial charge >= 0.3 is 0 Å². The largest absolute Gasteiger partial charge is 0.395 e. The van der Waals surface area contributed by atoms with Crippen molar-refractivity contribution < 1.29 is 9.90 Å². The molecule has 3 heteroatoms. The molecule has 3 nitrogen and oxygen atoms in total. The van der Waals surface area contributed by atoms with E-state index >= 15 is 0 Å². The monoisotopic (exact) mass is 203 g/mol. The molecule has 0 aromatic heterocycles. The Hall–Kier alpha value is -1.44. The molecule has 2 rings (SSSR count). The summed E-state index contributed by atoms with van der Waals surface area (Å²) >= 11 is 0. The van der Waals surface area contributed by atoms with Gasteiger partial charge in [-0.15, -0.1) is 0 Å². The number of isocyanates is 1. The predicted molar refractivity (Wildman–Crippen MR) is 56.3 cm³/mol. The fourth-order valence-electron chi connectivity index (χ4n) is 1.81. The second-order valence-corrected chi connectivity index (χ2v) is 4.05. The van der Waals surface area contributed by atoms with Gasteiger partial charge in [0.1, 0.15) is 0 Å². The lowest BCUT2D eigenvalue weighted by molar-refractivity contribution is 0.255. The van der Waals surface area contributed by atoms with Gasteiger partial charge in [-0.1, -0.05) is 24.3 Å². The molecule has 0 unspecified atom stereocenters. The summed E-state index contributed by atoms with van der Waals surface area (Å²) in [4.78, 5) is 13.5. The Labute approximate surface area is 88.5 Å². The number of aliphatic hydroxyl groups excluding tert-OH is 1. The van der Waals surface area contributed by atoms with E-state index in [1.54, 1.807) is 0 Å². The molecule has 78 valence electrons. The van der Waals surface area contributed by atoms with Gasteiger partial charge in [-0.3, -0.25) is 0 Å². The zero-order chi connectivity index (χ0) is 10.7. The molecule has 0 saturated heterocycles. The van der Waals surface area contributed by atoms with Crippen molar-refractivity contribution >= 4 is 6.08 Å². The molecule has 1 aliphatic rings. The standard InChI is InChI=1S/C12H13NO2/c14-8-12(4-5-12)11-3-1-2-10(6-11)7-13-9-15/h1-3,6,14H,4-5,7-8H2. The Kier molecular flexibility index (Phi) is 2.67. The van der Waals surface area contributed by atoms with Crippen LogP contribution in [-0.4, -0.2) is 17.8 Å². The van der Waals surface area contributed by atoms with Crippen molar-refractivity contribution in [3.63, 3.8) is 0 Å². The van der Waals surface area contributed by atoms with Gasteiger partial charge in [-0.2, -0.15) is 0 Å². The molecule has 1 fully saturated rings. The smallest absolute Gasteiger partial charge is 0.235 e. The second-order valence-electron chi connectivity index (χ2n) is 4.05. The summed E-state index contributed by atoms with van der Waals surface area (Å²) in [5, 5.41) is 9.29. The maximum Gasteiger partial charge on any atom is 0.235 e.